The number of thioether (sulfide) groups is 1. The van der Waals surface area contributed by atoms with Gasteiger partial charge in [-0.25, -0.2) is 0 Å². The number of benzene rings is 1. The van der Waals surface area contributed by atoms with Crippen molar-refractivity contribution in [2.45, 2.75) is 76.9 Å². The molecule has 4 aliphatic carbocycles. The van der Waals surface area contributed by atoms with E-state index in [1.54, 1.807) is 5.56 Å². The molecule has 142 valence electrons. The molecule has 5 unspecified atom stereocenters. The minimum Gasteiger partial charge on any atom is -0.496 e. The molecule has 1 aromatic carbocycles. The number of hydrogen-bond acceptors (Lipinski definition) is 2. The van der Waals surface area contributed by atoms with Crippen LogP contribution in [0.4, 0.5) is 0 Å². The summed E-state index contributed by atoms with van der Waals surface area (Å²) in [7, 11) is 1.89. The van der Waals surface area contributed by atoms with E-state index in [0.29, 0.717) is 21.7 Å². The predicted molar refractivity (Wildman–Crippen MR) is 111 cm³/mol. The van der Waals surface area contributed by atoms with Crippen molar-refractivity contribution >= 4 is 11.8 Å². The molecule has 4 fully saturated rings. The third-order valence-electron chi connectivity index (χ3n) is 9.09. The first-order chi connectivity index (χ1) is 12.1. The second-order valence-corrected chi connectivity index (χ2v) is 12.2. The van der Waals surface area contributed by atoms with Crippen LogP contribution in [0.5, 0.6) is 5.75 Å². The molecule has 4 aliphatic rings. The van der Waals surface area contributed by atoms with Crippen molar-refractivity contribution in [3.63, 3.8) is 0 Å². The highest BCUT2D eigenvalue weighted by atomic mass is 32.2. The van der Waals surface area contributed by atoms with Gasteiger partial charge in [0.25, 0.3) is 0 Å². The summed E-state index contributed by atoms with van der Waals surface area (Å²) < 4.78 is 6.11. The summed E-state index contributed by atoms with van der Waals surface area (Å²) >= 11 is 1.91. The van der Waals surface area contributed by atoms with Crippen LogP contribution in [0.2, 0.25) is 0 Å². The monoisotopic (exact) mass is 370 g/mol. The Morgan fingerprint density at radius 2 is 1.85 bits per heavy atom. The fraction of sp³-hybridized carbons (Fsp3) is 0.750. The highest BCUT2D eigenvalue weighted by Crippen LogP contribution is 3.01. The Hall–Kier alpha value is -0.630. The molecule has 1 nitrogen and oxygen atoms in total. The first-order valence-electron chi connectivity index (χ1n) is 10.3. The third kappa shape index (κ3) is 1.53. The Bertz CT molecular complexity index is 797. The van der Waals surface area contributed by atoms with Crippen molar-refractivity contribution in [1.29, 1.82) is 0 Å². The van der Waals surface area contributed by atoms with Crippen LogP contribution in [0.25, 0.3) is 0 Å². The van der Waals surface area contributed by atoms with Gasteiger partial charge in [0.15, 0.2) is 0 Å². The van der Waals surface area contributed by atoms with Gasteiger partial charge in [-0.05, 0) is 65.1 Å². The zero-order chi connectivity index (χ0) is 18.8. The van der Waals surface area contributed by atoms with E-state index >= 15 is 0 Å². The fourth-order valence-corrected chi connectivity index (χ4v) is 9.67. The van der Waals surface area contributed by atoms with Crippen LogP contribution < -0.4 is 4.74 Å². The van der Waals surface area contributed by atoms with Gasteiger partial charge in [-0.3, -0.25) is 0 Å². The van der Waals surface area contributed by atoms with Gasteiger partial charge in [0.2, 0.25) is 0 Å². The van der Waals surface area contributed by atoms with Crippen molar-refractivity contribution in [3.05, 3.63) is 28.8 Å². The van der Waals surface area contributed by atoms with E-state index in [2.05, 4.69) is 53.0 Å². The third-order valence-corrected chi connectivity index (χ3v) is 9.69. The largest absolute Gasteiger partial charge is 0.496 e. The summed E-state index contributed by atoms with van der Waals surface area (Å²) in [5, 5.41) is 0. The molecule has 0 aromatic heterocycles. The van der Waals surface area contributed by atoms with Crippen LogP contribution >= 0.6 is 11.8 Å². The molecule has 4 saturated carbocycles. The lowest BCUT2D eigenvalue weighted by atomic mass is 9.04. The van der Waals surface area contributed by atoms with Crippen LogP contribution in [-0.4, -0.2) is 13.4 Å². The van der Waals surface area contributed by atoms with Crippen molar-refractivity contribution in [2.24, 2.45) is 22.2 Å². The van der Waals surface area contributed by atoms with E-state index in [0.717, 1.165) is 11.7 Å². The van der Waals surface area contributed by atoms with Crippen molar-refractivity contribution in [3.8, 4) is 5.75 Å². The van der Waals surface area contributed by atoms with E-state index in [1.165, 1.54) is 42.6 Å². The molecule has 5 atom stereocenters. The molecule has 0 bridgehead atoms. The van der Waals surface area contributed by atoms with Gasteiger partial charge in [-0.2, -0.15) is 11.8 Å². The normalized spacial score (nSPS) is 44.7. The summed E-state index contributed by atoms with van der Waals surface area (Å²) in [6, 6.07) is 4.96. The van der Waals surface area contributed by atoms with Gasteiger partial charge in [-0.15, -0.1) is 0 Å². The zero-order valence-electron chi connectivity index (χ0n) is 17.6. The molecule has 0 amide bonds. The van der Waals surface area contributed by atoms with Crippen LogP contribution in [0.15, 0.2) is 12.1 Å². The van der Waals surface area contributed by atoms with Crippen LogP contribution in [-0.2, 0) is 16.6 Å². The maximum atomic E-state index is 6.11. The maximum absolute atomic E-state index is 6.11. The Morgan fingerprint density at radius 1 is 1.12 bits per heavy atom. The molecule has 1 spiro atoms. The minimum atomic E-state index is 0.182. The lowest BCUT2D eigenvalue weighted by Crippen LogP contribution is -2.94. The van der Waals surface area contributed by atoms with Crippen molar-refractivity contribution < 1.29 is 4.74 Å². The molecule has 5 rings (SSSR count). The van der Waals surface area contributed by atoms with Crippen LogP contribution in [0, 0.1) is 22.2 Å². The Labute approximate surface area is 163 Å². The number of ether oxygens (including phenoxy) is 1. The summed E-state index contributed by atoms with van der Waals surface area (Å²) in [5.74, 6) is 3.23. The standard InChI is InChI=1S/C24H34OS/c1-20(2,3)16-8-15(12-26-7)19(25-6)18(9-16)23-11-17-10-21(4)13-22(5,14-23)24(17,21)23/h8-9,17H,10-14H2,1-7H3. The Kier molecular flexibility index (Phi) is 3.14. The van der Waals surface area contributed by atoms with Gasteiger partial charge in [0.1, 0.15) is 5.75 Å². The highest BCUT2D eigenvalue weighted by Gasteiger charge is 2.96. The fourth-order valence-electron chi connectivity index (χ4n) is 9.14. The number of hydrogen-bond donors (Lipinski definition) is 0. The molecule has 1 aromatic rings. The average molecular weight is 371 g/mol. The molecule has 0 radical (unpaired) electrons. The van der Waals surface area contributed by atoms with Gasteiger partial charge in [-0.1, -0.05) is 46.8 Å². The van der Waals surface area contributed by atoms with Gasteiger partial charge in [0.05, 0.1) is 7.11 Å². The smallest absolute Gasteiger partial charge is 0.126 e. The Morgan fingerprint density at radius 3 is 2.35 bits per heavy atom. The van der Waals surface area contributed by atoms with Gasteiger partial charge in [0, 0.05) is 22.3 Å². The zero-order valence-corrected chi connectivity index (χ0v) is 18.4. The Balaban J connectivity index is 1.69. The van der Waals surface area contributed by atoms with Crippen LogP contribution in [0.3, 0.4) is 0 Å². The average Bonchev–Trinajstić information content (AvgIpc) is 2.48. The summed E-state index contributed by atoms with van der Waals surface area (Å²) in [6.07, 6.45) is 7.92. The second-order valence-electron chi connectivity index (χ2n) is 11.4. The highest BCUT2D eigenvalue weighted by molar-refractivity contribution is 7.97. The second kappa shape index (κ2) is 4.67. The summed E-state index contributed by atoms with van der Waals surface area (Å²) in [4.78, 5) is 0. The molecule has 0 aliphatic heterocycles. The van der Waals surface area contributed by atoms with Gasteiger partial charge >= 0.3 is 0 Å². The van der Waals surface area contributed by atoms with E-state index in [-0.39, 0.29) is 5.41 Å². The molecule has 0 heterocycles. The first-order valence-corrected chi connectivity index (χ1v) is 11.7. The lowest BCUT2D eigenvalue weighted by molar-refractivity contribution is -0.484. The van der Waals surface area contributed by atoms with Crippen molar-refractivity contribution in [1.82, 2.24) is 0 Å². The lowest BCUT2D eigenvalue weighted by Gasteiger charge is -2.99. The topological polar surface area (TPSA) is 9.23 Å². The van der Waals surface area contributed by atoms with E-state index in [4.69, 9.17) is 4.74 Å². The molecular weight excluding hydrogens is 336 g/mol. The van der Waals surface area contributed by atoms with Crippen LogP contribution in [0.1, 0.15) is 77.0 Å². The molecular formula is C24H34OS. The quantitative estimate of drug-likeness (QED) is 0.613. The molecule has 2 heteroatoms. The minimum absolute atomic E-state index is 0.182. The molecule has 0 N–H and O–H groups in total. The van der Waals surface area contributed by atoms with E-state index in [9.17, 15) is 0 Å². The van der Waals surface area contributed by atoms with E-state index in [1.807, 2.05) is 18.9 Å². The molecule has 26 heavy (non-hydrogen) atoms. The summed E-state index contributed by atoms with van der Waals surface area (Å²) in [5.41, 5.74) is 6.84. The summed E-state index contributed by atoms with van der Waals surface area (Å²) in [6.45, 7) is 12.2. The van der Waals surface area contributed by atoms with E-state index < -0.39 is 0 Å². The number of methoxy groups -OCH3 is 1. The first kappa shape index (κ1) is 17.5. The van der Waals surface area contributed by atoms with Crippen molar-refractivity contribution in [2.75, 3.05) is 13.4 Å². The molecule has 0 saturated heterocycles. The SMILES string of the molecule is COc1c(CSC)cc(C(C)(C)C)cc1C12CC3CC4(C)CC(C)(C1)C342. The predicted octanol–water partition coefficient (Wildman–Crippen LogP) is 6.32. The van der Waals surface area contributed by atoms with Gasteiger partial charge < -0.3 is 4.74 Å². The number of rotatable bonds is 4. The maximum Gasteiger partial charge on any atom is 0.126 e.